The molecule has 3 aromatic carbocycles. The fraction of sp³-hybridized carbons (Fsp3) is 0. The highest BCUT2D eigenvalue weighted by Crippen LogP contribution is 2.31. The molecule has 0 radical (unpaired) electrons. The van der Waals surface area contributed by atoms with Crippen LogP contribution in [0.25, 0.3) is 33.6 Å². The van der Waals surface area contributed by atoms with E-state index in [1.807, 2.05) is 60.7 Å². The molecular weight excluding hydrogens is 328 g/mol. The number of hydrogen-bond donors (Lipinski definition) is 0. The number of halogens is 2. The fourth-order valence-electron chi connectivity index (χ4n) is 2.92. The van der Waals surface area contributed by atoms with E-state index in [-0.39, 0.29) is 5.56 Å². The Hall–Kier alpha value is -3.33. The normalized spacial score (nSPS) is 10.7. The number of hydrogen-bond acceptors (Lipinski definition) is 1. The van der Waals surface area contributed by atoms with E-state index in [1.165, 1.54) is 6.07 Å². The van der Waals surface area contributed by atoms with E-state index in [4.69, 9.17) is 4.98 Å². The summed E-state index contributed by atoms with van der Waals surface area (Å²) in [7, 11) is 0. The summed E-state index contributed by atoms with van der Waals surface area (Å²) in [4.78, 5) is 4.74. The molecule has 0 saturated carbocycles. The van der Waals surface area contributed by atoms with Gasteiger partial charge in [-0.15, -0.1) is 0 Å². The van der Waals surface area contributed by atoms with Crippen LogP contribution in [0, 0.1) is 11.6 Å². The molecule has 0 aliphatic rings. The van der Waals surface area contributed by atoms with Crippen LogP contribution in [-0.4, -0.2) is 4.98 Å². The Morgan fingerprint density at radius 3 is 1.62 bits per heavy atom. The lowest BCUT2D eigenvalue weighted by Gasteiger charge is -2.11. The van der Waals surface area contributed by atoms with Crippen molar-refractivity contribution in [3.05, 3.63) is 103 Å². The highest BCUT2D eigenvalue weighted by molar-refractivity contribution is 5.76. The lowest BCUT2D eigenvalue weighted by molar-refractivity contribution is 0.603. The van der Waals surface area contributed by atoms with Crippen molar-refractivity contribution in [2.75, 3.05) is 0 Å². The number of pyridine rings is 1. The quantitative estimate of drug-likeness (QED) is 0.422. The standard InChI is InChI=1S/C23H15F2N/c24-19-11-12-21(25)20(15-19)18-13-22(16-7-3-1-4-8-16)26-23(14-18)17-9-5-2-6-10-17/h1-15H. The van der Waals surface area contributed by atoms with Crippen LogP contribution >= 0.6 is 0 Å². The Morgan fingerprint density at radius 2 is 1.08 bits per heavy atom. The third kappa shape index (κ3) is 3.24. The first-order valence-corrected chi connectivity index (χ1v) is 8.29. The first kappa shape index (κ1) is 16.2. The van der Waals surface area contributed by atoms with Crippen LogP contribution in [0.4, 0.5) is 8.78 Å². The largest absolute Gasteiger partial charge is 0.248 e. The Balaban J connectivity index is 1.95. The summed E-state index contributed by atoms with van der Waals surface area (Å²) >= 11 is 0. The van der Waals surface area contributed by atoms with Crippen molar-refractivity contribution in [1.82, 2.24) is 4.98 Å². The van der Waals surface area contributed by atoms with Gasteiger partial charge >= 0.3 is 0 Å². The molecule has 0 unspecified atom stereocenters. The van der Waals surface area contributed by atoms with Gasteiger partial charge in [-0.05, 0) is 35.9 Å². The second-order valence-electron chi connectivity index (χ2n) is 5.98. The Labute approximate surface area is 150 Å². The Kier molecular flexibility index (Phi) is 4.28. The second-order valence-corrected chi connectivity index (χ2v) is 5.98. The van der Waals surface area contributed by atoms with Gasteiger partial charge in [0.1, 0.15) is 11.6 Å². The van der Waals surface area contributed by atoms with Crippen molar-refractivity contribution in [2.45, 2.75) is 0 Å². The van der Waals surface area contributed by atoms with Crippen molar-refractivity contribution in [2.24, 2.45) is 0 Å². The third-order valence-electron chi connectivity index (χ3n) is 4.20. The van der Waals surface area contributed by atoms with E-state index in [0.717, 1.165) is 23.3 Å². The topological polar surface area (TPSA) is 12.9 Å². The van der Waals surface area contributed by atoms with Gasteiger partial charge in [0.2, 0.25) is 0 Å². The molecule has 0 aliphatic heterocycles. The van der Waals surface area contributed by atoms with Crippen LogP contribution < -0.4 is 0 Å². The summed E-state index contributed by atoms with van der Waals surface area (Å²) in [5.74, 6) is -0.934. The van der Waals surface area contributed by atoms with Gasteiger partial charge in [-0.3, -0.25) is 0 Å². The summed E-state index contributed by atoms with van der Waals surface area (Å²) in [5.41, 5.74) is 4.08. The lowest BCUT2D eigenvalue weighted by atomic mass is 9.99. The van der Waals surface area contributed by atoms with Crippen molar-refractivity contribution < 1.29 is 8.78 Å². The lowest BCUT2D eigenvalue weighted by Crippen LogP contribution is -1.93. The number of benzene rings is 3. The maximum Gasteiger partial charge on any atom is 0.131 e. The smallest absolute Gasteiger partial charge is 0.131 e. The number of nitrogens with zero attached hydrogens (tertiary/aromatic N) is 1. The number of rotatable bonds is 3. The molecule has 0 N–H and O–H groups in total. The second kappa shape index (κ2) is 6.89. The maximum absolute atomic E-state index is 14.3. The van der Waals surface area contributed by atoms with Crippen molar-refractivity contribution in [3.63, 3.8) is 0 Å². The third-order valence-corrected chi connectivity index (χ3v) is 4.20. The zero-order valence-electron chi connectivity index (χ0n) is 13.9. The van der Waals surface area contributed by atoms with E-state index >= 15 is 0 Å². The zero-order valence-corrected chi connectivity index (χ0v) is 13.9. The summed E-state index contributed by atoms with van der Waals surface area (Å²) in [6, 6.07) is 26.4. The Morgan fingerprint density at radius 1 is 0.538 bits per heavy atom. The van der Waals surface area contributed by atoms with E-state index in [9.17, 15) is 8.78 Å². The van der Waals surface area contributed by atoms with Crippen LogP contribution in [0.2, 0.25) is 0 Å². The molecular formula is C23H15F2N. The molecule has 0 amide bonds. The van der Waals surface area contributed by atoms with Gasteiger partial charge in [-0.1, -0.05) is 60.7 Å². The van der Waals surface area contributed by atoms with Gasteiger partial charge in [0.25, 0.3) is 0 Å². The van der Waals surface area contributed by atoms with Crippen LogP contribution in [0.1, 0.15) is 0 Å². The van der Waals surface area contributed by atoms with Crippen LogP contribution in [0.15, 0.2) is 91.0 Å². The minimum Gasteiger partial charge on any atom is -0.248 e. The SMILES string of the molecule is Fc1ccc(F)c(-c2cc(-c3ccccc3)nc(-c3ccccc3)c2)c1. The van der Waals surface area contributed by atoms with Crippen molar-refractivity contribution in [3.8, 4) is 33.6 Å². The van der Waals surface area contributed by atoms with Crippen molar-refractivity contribution in [1.29, 1.82) is 0 Å². The molecule has 1 aromatic heterocycles. The average Bonchev–Trinajstić information content (AvgIpc) is 2.71. The first-order chi connectivity index (χ1) is 12.7. The van der Waals surface area contributed by atoms with Gasteiger partial charge in [0, 0.05) is 16.7 Å². The minimum atomic E-state index is -0.472. The first-order valence-electron chi connectivity index (χ1n) is 8.29. The van der Waals surface area contributed by atoms with Crippen LogP contribution in [-0.2, 0) is 0 Å². The van der Waals surface area contributed by atoms with E-state index in [2.05, 4.69) is 0 Å². The molecule has 0 aliphatic carbocycles. The summed E-state index contributed by atoms with van der Waals surface area (Å²) in [6.45, 7) is 0. The molecule has 0 bridgehead atoms. The highest BCUT2D eigenvalue weighted by Gasteiger charge is 2.12. The van der Waals surface area contributed by atoms with Crippen LogP contribution in [0.3, 0.4) is 0 Å². The highest BCUT2D eigenvalue weighted by atomic mass is 19.1. The fourth-order valence-corrected chi connectivity index (χ4v) is 2.92. The number of aromatic nitrogens is 1. The average molecular weight is 343 g/mol. The Bertz CT molecular complexity index is 987. The van der Waals surface area contributed by atoms with Gasteiger partial charge in [-0.2, -0.15) is 0 Å². The molecule has 4 rings (SSSR count). The minimum absolute atomic E-state index is 0.224. The summed E-state index contributed by atoms with van der Waals surface area (Å²) < 4.78 is 28.0. The molecule has 0 atom stereocenters. The predicted molar refractivity (Wildman–Crippen MR) is 100 cm³/mol. The molecule has 1 heterocycles. The zero-order chi connectivity index (χ0) is 17.9. The molecule has 0 spiro atoms. The van der Waals surface area contributed by atoms with Crippen molar-refractivity contribution >= 4 is 0 Å². The summed E-state index contributed by atoms with van der Waals surface area (Å²) in [6.07, 6.45) is 0. The van der Waals surface area contributed by atoms with E-state index in [0.29, 0.717) is 17.0 Å². The van der Waals surface area contributed by atoms with E-state index < -0.39 is 11.6 Å². The van der Waals surface area contributed by atoms with Crippen LogP contribution in [0.5, 0.6) is 0 Å². The summed E-state index contributed by atoms with van der Waals surface area (Å²) in [5, 5.41) is 0. The molecule has 3 heteroatoms. The molecule has 26 heavy (non-hydrogen) atoms. The molecule has 4 aromatic rings. The van der Waals surface area contributed by atoms with Gasteiger partial charge in [0.15, 0.2) is 0 Å². The van der Waals surface area contributed by atoms with Gasteiger partial charge < -0.3 is 0 Å². The molecule has 1 nitrogen and oxygen atoms in total. The predicted octanol–water partition coefficient (Wildman–Crippen LogP) is 6.36. The monoisotopic (exact) mass is 343 g/mol. The molecule has 0 fully saturated rings. The van der Waals surface area contributed by atoms with Gasteiger partial charge in [-0.25, -0.2) is 13.8 Å². The maximum atomic E-state index is 14.3. The van der Waals surface area contributed by atoms with Gasteiger partial charge in [0.05, 0.1) is 11.4 Å². The van der Waals surface area contributed by atoms with E-state index in [1.54, 1.807) is 12.1 Å². The molecule has 0 saturated heterocycles. The molecule has 126 valence electrons.